The fraction of sp³-hybridized carbons (Fsp3) is 1.00. The number of piperazine rings is 1. The van der Waals surface area contributed by atoms with E-state index in [1.165, 1.54) is 0 Å². The molecule has 0 amide bonds. The smallest absolute Gasteiger partial charge is 0.113 e. The summed E-state index contributed by atoms with van der Waals surface area (Å²) in [6.45, 7) is 8.48. The molecular formula is C11H21FN2. The van der Waals surface area contributed by atoms with Crippen LogP contribution in [0.1, 0.15) is 26.7 Å². The van der Waals surface area contributed by atoms with Gasteiger partial charge in [0.15, 0.2) is 0 Å². The largest absolute Gasteiger partial charge is 0.298 e. The van der Waals surface area contributed by atoms with Crippen LogP contribution in [0.5, 0.6) is 0 Å². The molecular weight excluding hydrogens is 179 g/mol. The Hall–Kier alpha value is -0.150. The fourth-order valence-corrected chi connectivity index (χ4v) is 2.62. The fourth-order valence-electron chi connectivity index (χ4n) is 2.62. The number of nitrogens with zero attached hydrogens (tertiary/aromatic N) is 2. The summed E-state index contributed by atoms with van der Waals surface area (Å²) in [4.78, 5) is 4.85. The lowest BCUT2D eigenvalue weighted by Crippen LogP contribution is -2.58. The van der Waals surface area contributed by atoms with Crippen LogP contribution in [0.25, 0.3) is 0 Å². The second-order valence-electron chi connectivity index (χ2n) is 4.91. The van der Waals surface area contributed by atoms with E-state index in [0.717, 1.165) is 32.5 Å². The second-order valence-corrected chi connectivity index (χ2v) is 4.91. The van der Waals surface area contributed by atoms with Crippen molar-refractivity contribution in [2.45, 2.75) is 44.9 Å². The van der Waals surface area contributed by atoms with E-state index in [4.69, 9.17) is 0 Å². The Bertz CT molecular complexity index is 196. The Kier molecular flexibility index (Phi) is 3.07. The van der Waals surface area contributed by atoms with Gasteiger partial charge >= 0.3 is 0 Å². The molecule has 2 atom stereocenters. The highest BCUT2D eigenvalue weighted by Gasteiger charge is 2.33. The van der Waals surface area contributed by atoms with Gasteiger partial charge in [0.05, 0.1) is 0 Å². The number of alkyl halides is 1. The van der Waals surface area contributed by atoms with Gasteiger partial charge in [-0.25, -0.2) is 4.39 Å². The molecule has 0 bridgehead atoms. The molecule has 14 heavy (non-hydrogen) atoms. The summed E-state index contributed by atoms with van der Waals surface area (Å²) < 4.78 is 13.2. The van der Waals surface area contributed by atoms with Crippen molar-refractivity contribution < 1.29 is 4.39 Å². The molecule has 2 rings (SSSR count). The maximum atomic E-state index is 13.2. The SMILES string of the molecule is CC(C)N1CCN2CC(F)CCC2C1. The van der Waals surface area contributed by atoms with Gasteiger partial charge in [0.1, 0.15) is 6.17 Å². The Morgan fingerprint density at radius 2 is 1.93 bits per heavy atom. The molecule has 2 fully saturated rings. The summed E-state index contributed by atoms with van der Waals surface area (Å²) in [6.07, 6.45) is 1.24. The van der Waals surface area contributed by atoms with Crippen LogP contribution in [0, 0.1) is 0 Å². The van der Waals surface area contributed by atoms with Crippen molar-refractivity contribution in [2.75, 3.05) is 26.2 Å². The van der Waals surface area contributed by atoms with Crippen molar-refractivity contribution in [3.8, 4) is 0 Å². The Labute approximate surface area is 86.1 Å². The van der Waals surface area contributed by atoms with Crippen molar-refractivity contribution >= 4 is 0 Å². The van der Waals surface area contributed by atoms with Crippen molar-refractivity contribution in [3.63, 3.8) is 0 Å². The molecule has 0 aromatic rings. The van der Waals surface area contributed by atoms with Crippen molar-refractivity contribution in [1.82, 2.24) is 9.80 Å². The maximum absolute atomic E-state index is 13.2. The number of piperidine rings is 1. The standard InChI is InChI=1S/C11H21FN2/c1-9(2)13-5-6-14-7-10(12)3-4-11(14)8-13/h9-11H,3-8H2,1-2H3. The predicted molar refractivity (Wildman–Crippen MR) is 56.2 cm³/mol. The van der Waals surface area contributed by atoms with Gasteiger partial charge in [-0.2, -0.15) is 0 Å². The van der Waals surface area contributed by atoms with Gasteiger partial charge in [0.25, 0.3) is 0 Å². The van der Waals surface area contributed by atoms with Gasteiger partial charge in [0.2, 0.25) is 0 Å². The van der Waals surface area contributed by atoms with Gasteiger partial charge in [-0.1, -0.05) is 0 Å². The third-order valence-corrected chi connectivity index (χ3v) is 3.61. The molecule has 0 aliphatic carbocycles. The van der Waals surface area contributed by atoms with Gasteiger partial charge in [-0.3, -0.25) is 9.80 Å². The molecule has 0 spiro atoms. The van der Waals surface area contributed by atoms with E-state index >= 15 is 0 Å². The van der Waals surface area contributed by atoms with Crippen LogP contribution in [0.2, 0.25) is 0 Å². The molecule has 3 heteroatoms. The normalized spacial score (nSPS) is 36.0. The van der Waals surface area contributed by atoms with Crippen LogP contribution in [-0.4, -0.2) is 54.2 Å². The van der Waals surface area contributed by atoms with Crippen molar-refractivity contribution in [3.05, 3.63) is 0 Å². The molecule has 0 saturated carbocycles. The molecule has 0 radical (unpaired) electrons. The third-order valence-electron chi connectivity index (χ3n) is 3.61. The Morgan fingerprint density at radius 1 is 1.14 bits per heavy atom. The highest BCUT2D eigenvalue weighted by atomic mass is 19.1. The molecule has 0 aromatic heterocycles. The van der Waals surface area contributed by atoms with Gasteiger partial charge < -0.3 is 0 Å². The highest BCUT2D eigenvalue weighted by molar-refractivity contribution is 4.88. The zero-order valence-electron chi connectivity index (χ0n) is 9.25. The highest BCUT2D eigenvalue weighted by Crippen LogP contribution is 2.23. The lowest BCUT2D eigenvalue weighted by atomic mass is 9.98. The zero-order chi connectivity index (χ0) is 10.1. The Morgan fingerprint density at radius 3 is 2.64 bits per heavy atom. The minimum absolute atomic E-state index is 0.572. The first-order chi connectivity index (χ1) is 6.66. The minimum atomic E-state index is -0.572. The Balaban J connectivity index is 1.91. The van der Waals surface area contributed by atoms with Crippen molar-refractivity contribution in [2.24, 2.45) is 0 Å². The summed E-state index contributed by atoms with van der Waals surface area (Å²) in [7, 11) is 0. The summed E-state index contributed by atoms with van der Waals surface area (Å²) in [6, 6.07) is 1.26. The minimum Gasteiger partial charge on any atom is -0.298 e. The van der Waals surface area contributed by atoms with E-state index in [9.17, 15) is 4.39 Å². The number of rotatable bonds is 1. The summed E-state index contributed by atoms with van der Waals surface area (Å²) in [5.74, 6) is 0. The maximum Gasteiger partial charge on any atom is 0.113 e. The molecule has 2 aliphatic rings. The van der Waals surface area contributed by atoms with E-state index < -0.39 is 6.17 Å². The number of halogens is 1. The van der Waals surface area contributed by atoms with Crippen LogP contribution < -0.4 is 0 Å². The van der Waals surface area contributed by atoms with E-state index in [1.54, 1.807) is 0 Å². The van der Waals surface area contributed by atoms with Crippen LogP contribution in [0.4, 0.5) is 4.39 Å². The monoisotopic (exact) mass is 200 g/mol. The molecule has 2 saturated heterocycles. The van der Waals surface area contributed by atoms with Crippen LogP contribution in [-0.2, 0) is 0 Å². The average Bonchev–Trinajstić information content (AvgIpc) is 2.16. The lowest BCUT2D eigenvalue weighted by molar-refractivity contribution is 0.00799. The van der Waals surface area contributed by atoms with Crippen LogP contribution in [0.15, 0.2) is 0 Å². The van der Waals surface area contributed by atoms with E-state index in [-0.39, 0.29) is 0 Å². The zero-order valence-corrected chi connectivity index (χ0v) is 9.25. The average molecular weight is 200 g/mol. The summed E-state index contributed by atoms with van der Waals surface area (Å²) in [5, 5.41) is 0. The van der Waals surface area contributed by atoms with Gasteiger partial charge in [0, 0.05) is 38.3 Å². The van der Waals surface area contributed by atoms with Gasteiger partial charge in [-0.05, 0) is 26.7 Å². The van der Waals surface area contributed by atoms with Crippen molar-refractivity contribution in [1.29, 1.82) is 0 Å². The predicted octanol–water partition coefficient (Wildman–Crippen LogP) is 1.51. The van der Waals surface area contributed by atoms with Gasteiger partial charge in [-0.15, -0.1) is 0 Å². The van der Waals surface area contributed by atoms with E-state index in [2.05, 4.69) is 23.6 Å². The first-order valence-electron chi connectivity index (χ1n) is 5.79. The van der Waals surface area contributed by atoms with E-state index in [1.807, 2.05) is 0 Å². The second kappa shape index (κ2) is 4.15. The number of hydrogen-bond donors (Lipinski definition) is 0. The molecule has 2 nitrogen and oxygen atoms in total. The van der Waals surface area contributed by atoms with Crippen LogP contribution >= 0.6 is 0 Å². The van der Waals surface area contributed by atoms with E-state index in [0.29, 0.717) is 18.6 Å². The first-order valence-corrected chi connectivity index (χ1v) is 5.79. The topological polar surface area (TPSA) is 6.48 Å². The summed E-state index contributed by atoms with van der Waals surface area (Å²) >= 11 is 0. The number of fused-ring (bicyclic) bond motifs is 1. The third kappa shape index (κ3) is 2.09. The molecule has 2 unspecified atom stereocenters. The van der Waals surface area contributed by atoms with Crippen LogP contribution in [0.3, 0.4) is 0 Å². The molecule has 82 valence electrons. The number of hydrogen-bond acceptors (Lipinski definition) is 2. The molecule has 2 aliphatic heterocycles. The molecule has 2 heterocycles. The quantitative estimate of drug-likeness (QED) is 0.633. The first kappa shape index (κ1) is 10.4. The molecule has 0 aromatic carbocycles. The molecule has 0 N–H and O–H groups in total. The summed E-state index contributed by atoms with van der Waals surface area (Å²) in [5.41, 5.74) is 0. The lowest BCUT2D eigenvalue weighted by Gasteiger charge is -2.46.